The van der Waals surface area contributed by atoms with Crippen LogP contribution in [0.15, 0.2) is 11.1 Å². The molecule has 0 bridgehead atoms. The SMILES string of the molecule is CC(=CCl)COC1CNCCC1C. The Bertz CT molecular complexity index is 182. The van der Waals surface area contributed by atoms with E-state index in [4.69, 9.17) is 16.3 Å². The molecule has 3 heteroatoms. The Hall–Kier alpha value is -0.0500. The molecule has 1 aliphatic rings. The van der Waals surface area contributed by atoms with Crippen molar-refractivity contribution in [2.24, 2.45) is 5.92 Å². The molecule has 2 atom stereocenters. The average molecular weight is 204 g/mol. The van der Waals surface area contributed by atoms with E-state index in [0.717, 1.165) is 18.7 Å². The molecule has 1 aliphatic heterocycles. The molecule has 1 fully saturated rings. The number of hydrogen-bond acceptors (Lipinski definition) is 2. The molecule has 76 valence electrons. The first-order chi connectivity index (χ1) is 6.24. The maximum Gasteiger partial charge on any atom is 0.0729 e. The standard InChI is InChI=1S/C10H18ClNO/c1-8(5-11)7-13-10-6-12-4-3-9(10)2/h5,9-10,12H,3-4,6-7H2,1-2H3. The van der Waals surface area contributed by atoms with Gasteiger partial charge >= 0.3 is 0 Å². The minimum absolute atomic E-state index is 0.348. The molecule has 0 amide bonds. The van der Waals surface area contributed by atoms with E-state index in [1.165, 1.54) is 6.42 Å². The Morgan fingerprint density at radius 1 is 1.69 bits per heavy atom. The topological polar surface area (TPSA) is 21.3 Å². The molecule has 1 N–H and O–H groups in total. The van der Waals surface area contributed by atoms with Crippen LogP contribution in [0.3, 0.4) is 0 Å². The number of ether oxygens (including phenoxy) is 1. The summed E-state index contributed by atoms with van der Waals surface area (Å²) in [7, 11) is 0. The second-order valence-electron chi connectivity index (χ2n) is 3.78. The normalized spacial score (nSPS) is 30.5. The number of piperidine rings is 1. The van der Waals surface area contributed by atoms with Gasteiger partial charge in [0.25, 0.3) is 0 Å². The zero-order chi connectivity index (χ0) is 9.68. The minimum atomic E-state index is 0.348. The minimum Gasteiger partial charge on any atom is -0.372 e. The molecule has 0 radical (unpaired) electrons. The molecule has 2 unspecified atom stereocenters. The summed E-state index contributed by atoms with van der Waals surface area (Å²) in [4.78, 5) is 0. The molecule has 0 aromatic heterocycles. The molecule has 13 heavy (non-hydrogen) atoms. The van der Waals surface area contributed by atoms with Crippen molar-refractivity contribution in [1.82, 2.24) is 5.32 Å². The van der Waals surface area contributed by atoms with Crippen molar-refractivity contribution in [2.75, 3.05) is 19.7 Å². The number of hydrogen-bond donors (Lipinski definition) is 1. The van der Waals surface area contributed by atoms with E-state index in [-0.39, 0.29) is 0 Å². The monoisotopic (exact) mass is 203 g/mol. The fourth-order valence-electron chi connectivity index (χ4n) is 1.45. The summed E-state index contributed by atoms with van der Waals surface area (Å²) in [5.41, 5.74) is 2.67. The van der Waals surface area contributed by atoms with E-state index in [2.05, 4.69) is 12.2 Å². The van der Waals surface area contributed by atoms with Crippen LogP contribution in [0.25, 0.3) is 0 Å². The zero-order valence-electron chi connectivity index (χ0n) is 8.35. The van der Waals surface area contributed by atoms with E-state index in [1.54, 1.807) is 5.54 Å². The maximum atomic E-state index is 5.73. The number of halogens is 1. The lowest BCUT2D eigenvalue weighted by Gasteiger charge is -2.29. The van der Waals surface area contributed by atoms with Crippen LogP contribution in [0.4, 0.5) is 0 Å². The van der Waals surface area contributed by atoms with Gasteiger partial charge in [-0.25, -0.2) is 0 Å². The Balaban J connectivity index is 2.26. The van der Waals surface area contributed by atoms with Gasteiger partial charge in [-0.3, -0.25) is 0 Å². The van der Waals surface area contributed by atoms with Gasteiger partial charge in [0, 0.05) is 12.1 Å². The van der Waals surface area contributed by atoms with Gasteiger partial charge in [0.2, 0.25) is 0 Å². The number of nitrogens with one attached hydrogen (secondary N) is 1. The van der Waals surface area contributed by atoms with E-state index in [1.807, 2.05) is 6.92 Å². The van der Waals surface area contributed by atoms with Crippen LogP contribution in [-0.4, -0.2) is 25.8 Å². The number of rotatable bonds is 3. The first kappa shape index (κ1) is 11.0. The fourth-order valence-corrected chi connectivity index (χ4v) is 1.52. The van der Waals surface area contributed by atoms with Crippen LogP contribution in [0.1, 0.15) is 20.3 Å². The maximum absolute atomic E-state index is 5.73. The van der Waals surface area contributed by atoms with Gasteiger partial charge in [-0.1, -0.05) is 18.5 Å². The smallest absolute Gasteiger partial charge is 0.0729 e. The van der Waals surface area contributed by atoms with Crippen molar-refractivity contribution in [2.45, 2.75) is 26.4 Å². The second kappa shape index (κ2) is 5.63. The molecule has 1 saturated heterocycles. The van der Waals surface area contributed by atoms with E-state index in [0.29, 0.717) is 18.6 Å². The van der Waals surface area contributed by atoms with Gasteiger partial charge in [0.15, 0.2) is 0 Å². The molecule has 0 aromatic carbocycles. The van der Waals surface area contributed by atoms with E-state index < -0.39 is 0 Å². The third-order valence-electron chi connectivity index (χ3n) is 2.47. The predicted molar refractivity (Wildman–Crippen MR) is 56.0 cm³/mol. The molecular formula is C10H18ClNO. The van der Waals surface area contributed by atoms with Crippen LogP contribution in [0.2, 0.25) is 0 Å². The average Bonchev–Trinajstić information content (AvgIpc) is 2.16. The van der Waals surface area contributed by atoms with Crippen LogP contribution < -0.4 is 5.32 Å². The van der Waals surface area contributed by atoms with Gasteiger partial charge in [-0.2, -0.15) is 0 Å². The van der Waals surface area contributed by atoms with Crippen LogP contribution >= 0.6 is 11.6 Å². The fraction of sp³-hybridized carbons (Fsp3) is 0.800. The molecule has 0 spiro atoms. The Kier molecular flexibility index (Phi) is 4.78. The van der Waals surface area contributed by atoms with Crippen molar-refractivity contribution in [3.8, 4) is 0 Å². The summed E-state index contributed by atoms with van der Waals surface area (Å²) in [6.45, 7) is 6.96. The highest BCUT2D eigenvalue weighted by Gasteiger charge is 2.21. The second-order valence-corrected chi connectivity index (χ2v) is 3.99. The van der Waals surface area contributed by atoms with Crippen LogP contribution in [0.5, 0.6) is 0 Å². The van der Waals surface area contributed by atoms with Crippen molar-refractivity contribution >= 4 is 11.6 Å². The lowest BCUT2D eigenvalue weighted by molar-refractivity contribution is 0.0166. The highest BCUT2D eigenvalue weighted by atomic mass is 35.5. The van der Waals surface area contributed by atoms with Crippen molar-refractivity contribution in [3.63, 3.8) is 0 Å². The molecule has 0 saturated carbocycles. The van der Waals surface area contributed by atoms with Crippen molar-refractivity contribution in [1.29, 1.82) is 0 Å². The van der Waals surface area contributed by atoms with Gasteiger partial charge in [0.05, 0.1) is 12.7 Å². The lowest BCUT2D eigenvalue weighted by Crippen LogP contribution is -2.41. The first-order valence-corrected chi connectivity index (χ1v) is 5.26. The summed E-state index contributed by atoms with van der Waals surface area (Å²) in [6.07, 6.45) is 1.55. The summed E-state index contributed by atoms with van der Waals surface area (Å²) in [6, 6.07) is 0. The zero-order valence-corrected chi connectivity index (χ0v) is 9.10. The van der Waals surface area contributed by atoms with Gasteiger partial charge < -0.3 is 10.1 Å². The quantitative estimate of drug-likeness (QED) is 0.759. The first-order valence-electron chi connectivity index (χ1n) is 4.82. The summed E-state index contributed by atoms with van der Waals surface area (Å²) in [5, 5.41) is 3.33. The van der Waals surface area contributed by atoms with Gasteiger partial charge in [-0.15, -0.1) is 0 Å². The predicted octanol–water partition coefficient (Wildman–Crippen LogP) is 2.14. The molecule has 0 aliphatic carbocycles. The largest absolute Gasteiger partial charge is 0.372 e. The van der Waals surface area contributed by atoms with Crippen LogP contribution in [0, 0.1) is 5.92 Å². The summed E-state index contributed by atoms with van der Waals surface area (Å²) < 4.78 is 5.73. The van der Waals surface area contributed by atoms with Crippen LogP contribution in [-0.2, 0) is 4.74 Å². The van der Waals surface area contributed by atoms with Crippen molar-refractivity contribution < 1.29 is 4.74 Å². The lowest BCUT2D eigenvalue weighted by atomic mass is 9.97. The third kappa shape index (κ3) is 3.67. The highest BCUT2D eigenvalue weighted by molar-refractivity contribution is 6.25. The van der Waals surface area contributed by atoms with E-state index in [9.17, 15) is 0 Å². The Labute approximate surface area is 85.3 Å². The molecule has 1 rings (SSSR count). The Morgan fingerprint density at radius 2 is 2.46 bits per heavy atom. The summed E-state index contributed by atoms with van der Waals surface area (Å²) >= 11 is 5.55. The third-order valence-corrected chi connectivity index (χ3v) is 2.84. The van der Waals surface area contributed by atoms with E-state index >= 15 is 0 Å². The molecule has 1 heterocycles. The molecule has 0 aromatic rings. The van der Waals surface area contributed by atoms with Gasteiger partial charge in [0.1, 0.15) is 0 Å². The van der Waals surface area contributed by atoms with Gasteiger partial charge in [-0.05, 0) is 31.4 Å². The summed E-state index contributed by atoms with van der Waals surface area (Å²) in [5.74, 6) is 0.657. The Morgan fingerprint density at radius 3 is 3.08 bits per heavy atom. The molecule has 2 nitrogen and oxygen atoms in total. The molecular weight excluding hydrogens is 186 g/mol. The van der Waals surface area contributed by atoms with Crippen molar-refractivity contribution in [3.05, 3.63) is 11.1 Å². The highest BCUT2D eigenvalue weighted by Crippen LogP contribution is 2.15.